The number of benzene rings is 2. The summed E-state index contributed by atoms with van der Waals surface area (Å²) >= 11 is 0. The van der Waals surface area contributed by atoms with Crippen molar-refractivity contribution in [3.63, 3.8) is 0 Å². The second-order valence-corrected chi connectivity index (χ2v) is 5.59. The van der Waals surface area contributed by atoms with E-state index in [-0.39, 0.29) is 11.6 Å². The van der Waals surface area contributed by atoms with E-state index >= 15 is 0 Å². The summed E-state index contributed by atoms with van der Waals surface area (Å²) in [6.45, 7) is 2.33. The van der Waals surface area contributed by atoms with E-state index in [0.717, 1.165) is 22.2 Å². The summed E-state index contributed by atoms with van der Waals surface area (Å²) in [5, 5.41) is 2.76. The molecule has 0 saturated heterocycles. The van der Waals surface area contributed by atoms with Gasteiger partial charge in [0.15, 0.2) is 0 Å². The Morgan fingerprint density at radius 1 is 1.25 bits per heavy atom. The molecule has 1 amide bonds. The lowest BCUT2D eigenvalue weighted by atomic mass is 10.1. The van der Waals surface area contributed by atoms with E-state index in [1.807, 2.05) is 42.5 Å². The molecule has 3 rings (SSSR count). The van der Waals surface area contributed by atoms with Crippen molar-refractivity contribution in [1.29, 1.82) is 0 Å². The van der Waals surface area contributed by atoms with Gasteiger partial charge in [0.05, 0.1) is 24.7 Å². The summed E-state index contributed by atoms with van der Waals surface area (Å²) in [7, 11) is 1.60. The number of fused-ring (bicyclic) bond motifs is 1. The lowest BCUT2D eigenvalue weighted by molar-refractivity contribution is -0.119. The molecular formula is C18H19N3O3. The molecule has 0 fully saturated rings. The van der Waals surface area contributed by atoms with Gasteiger partial charge in [0.25, 0.3) is 0 Å². The van der Waals surface area contributed by atoms with Crippen LogP contribution in [0.1, 0.15) is 18.1 Å². The van der Waals surface area contributed by atoms with Crippen LogP contribution in [0.25, 0.3) is 11.0 Å². The number of aromatic nitrogens is 2. The fourth-order valence-corrected chi connectivity index (χ4v) is 2.69. The lowest BCUT2D eigenvalue weighted by Gasteiger charge is -2.12. The van der Waals surface area contributed by atoms with E-state index in [9.17, 15) is 9.59 Å². The average Bonchev–Trinajstić information content (AvgIpc) is 2.89. The minimum Gasteiger partial charge on any atom is -0.496 e. The first-order valence-electron chi connectivity index (χ1n) is 7.66. The summed E-state index contributed by atoms with van der Waals surface area (Å²) in [4.78, 5) is 26.1. The molecule has 24 heavy (non-hydrogen) atoms. The van der Waals surface area contributed by atoms with Gasteiger partial charge in [-0.05, 0) is 23.8 Å². The lowest BCUT2D eigenvalue weighted by Crippen LogP contribution is -2.19. The molecule has 124 valence electrons. The molecule has 0 aliphatic rings. The van der Waals surface area contributed by atoms with Crippen LogP contribution in [0.15, 0.2) is 47.3 Å². The summed E-state index contributed by atoms with van der Waals surface area (Å²) < 4.78 is 7.14. The molecule has 0 aliphatic carbocycles. The van der Waals surface area contributed by atoms with Gasteiger partial charge in [-0.15, -0.1) is 0 Å². The number of hydrogen-bond acceptors (Lipinski definition) is 3. The Bertz CT molecular complexity index is 940. The number of carbonyl (C=O) groups excluding carboxylic acids is 1. The number of nitrogens with zero attached hydrogens (tertiary/aromatic N) is 1. The zero-order valence-corrected chi connectivity index (χ0v) is 13.6. The molecule has 0 spiro atoms. The summed E-state index contributed by atoms with van der Waals surface area (Å²) in [5.41, 5.74) is 3.35. The Morgan fingerprint density at radius 3 is 2.79 bits per heavy atom. The number of hydrogen-bond donors (Lipinski definition) is 2. The highest BCUT2D eigenvalue weighted by Gasteiger charge is 2.10. The monoisotopic (exact) mass is 325 g/mol. The number of H-pyrrole nitrogens is 1. The number of nitrogens with one attached hydrogen (secondary N) is 2. The third kappa shape index (κ3) is 3.17. The zero-order valence-electron chi connectivity index (χ0n) is 13.6. The Balaban J connectivity index is 1.93. The molecule has 6 nitrogen and oxygen atoms in total. The number of aromatic amines is 1. The molecule has 2 N–H and O–H groups in total. The van der Waals surface area contributed by atoms with Crippen molar-refractivity contribution in [3.05, 3.63) is 64.1 Å². The maximum absolute atomic E-state index is 12.2. The molecule has 0 unspecified atom stereocenters. The van der Waals surface area contributed by atoms with Crippen LogP contribution < -0.4 is 15.7 Å². The summed E-state index contributed by atoms with van der Waals surface area (Å²) in [6.07, 6.45) is 0. The van der Waals surface area contributed by atoms with E-state index in [1.54, 1.807) is 11.7 Å². The minimum absolute atomic E-state index is 0.0802. The number of para-hydroxylation sites is 2. The number of carbonyl (C=O) groups is 1. The highest BCUT2D eigenvalue weighted by atomic mass is 16.5. The van der Waals surface area contributed by atoms with Crippen LogP contribution in [-0.4, -0.2) is 22.6 Å². The number of rotatable bonds is 5. The van der Waals surface area contributed by atoms with Crippen LogP contribution >= 0.6 is 0 Å². The maximum Gasteiger partial charge on any atom is 0.326 e. The molecule has 0 atom stereocenters. The highest BCUT2D eigenvalue weighted by Crippen LogP contribution is 2.22. The first-order valence-corrected chi connectivity index (χ1v) is 7.66. The Hall–Kier alpha value is -3.02. The van der Waals surface area contributed by atoms with Gasteiger partial charge in [0.1, 0.15) is 5.75 Å². The van der Waals surface area contributed by atoms with Crippen LogP contribution in [0.5, 0.6) is 5.75 Å². The SMILES string of the molecule is COc1cc(CNC(C)=O)ccc1Cn1c(=O)[nH]c2ccccc21. The largest absolute Gasteiger partial charge is 0.496 e. The summed E-state index contributed by atoms with van der Waals surface area (Å²) in [6, 6.07) is 13.3. The fraction of sp³-hybridized carbons (Fsp3) is 0.222. The molecule has 0 aliphatic heterocycles. The number of imidazole rings is 1. The van der Waals surface area contributed by atoms with Crippen molar-refractivity contribution >= 4 is 16.9 Å². The van der Waals surface area contributed by atoms with Crippen molar-refractivity contribution < 1.29 is 9.53 Å². The predicted molar refractivity (Wildman–Crippen MR) is 92.2 cm³/mol. The highest BCUT2D eigenvalue weighted by molar-refractivity contribution is 5.75. The van der Waals surface area contributed by atoms with Crippen molar-refractivity contribution in [2.75, 3.05) is 7.11 Å². The fourth-order valence-electron chi connectivity index (χ4n) is 2.69. The molecule has 0 saturated carbocycles. The van der Waals surface area contributed by atoms with Crippen LogP contribution in [0.2, 0.25) is 0 Å². The van der Waals surface area contributed by atoms with Crippen molar-refractivity contribution in [2.45, 2.75) is 20.0 Å². The van der Waals surface area contributed by atoms with E-state index in [4.69, 9.17) is 4.74 Å². The molecule has 1 aromatic heterocycles. The molecule has 0 bridgehead atoms. The third-order valence-electron chi connectivity index (χ3n) is 3.90. The molecule has 1 heterocycles. The topological polar surface area (TPSA) is 76.1 Å². The van der Waals surface area contributed by atoms with E-state index in [2.05, 4.69) is 10.3 Å². The maximum atomic E-state index is 12.2. The van der Waals surface area contributed by atoms with Crippen molar-refractivity contribution in [3.8, 4) is 5.75 Å². The van der Waals surface area contributed by atoms with Gasteiger partial charge < -0.3 is 15.0 Å². The first-order chi connectivity index (χ1) is 11.6. The second kappa shape index (κ2) is 6.62. The van der Waals surface area contributed by atoms with Gasteiger partial charge in [0, 0.05) is 19.0 Å². The van der Waals surface area contributed by atoms with Crippen molar-refractivity contribution in [1.82, 2.24) is 14.9 Å². The van der Waals surface area contributed by atoms with Crippen LogP contribution in [0.3, 0.4) is 0 Å². The van der Waals surface area contributed by atoms with Crippen molar-refractivity contribution in [2.24, 2.45) is 0 Å². The Morgan fingerprint density at radius 2 is 2.04 bits per heavy atom. The van der Waals surface area contributed by atoms with Gasteiger partial charge >= 0.3 is 5.69 Å². The normalized spacial score (nSPS) is 10.8. The van der Waals surface area contributed by atoms with E-state index in [0.29, 0.717) is 18.8 Å². The second-order valence-electron chi connectivity index (χ2n) is 5.59. The number of methoxy groups -OCH3 is 1. The molecular weight excluding hydrogens is 306 g/mol. The molecule has 0 radical (unpaired) electrons. The van der Waals surface area contributed by atoms with Crippen LogP contribution in [-0.2, 0) is 17.9 Å². The first kappa shape index (κ1) is 15.9. The number of ether oxygens (including phenoxy) is 1. The molecule has 2 aromatic carbocycles. The van der Waals surface area contributed by atoms with Crippen LogP contribution in [0, 0.1) is 0 Å². The summed E-state index contributed by atoms with van der Waals surface area (Å²) in [5.74, 6) is 0.610. The Labute approximate surface area is 139 Å². The minimum atomic E-state index is -0.152. The molecule has 6 heteroatoms. The van der Waals surface area contributed by atoms with E-state index in [1.165, 1.54) is 6.92 Å². The zero-order chi connectivity index (χ0) is 17.1. The van der Waals surface area contributed by atoms with Gasteiger partial charge in [-0.2, -0.15) is 0 Å². The third-order valence-corrected chi connectivity index (χ3v) is 3.90. The van der Waals surface area contributed by atoms with Gasteiger partial charge in [-0.25, -0.2) is 4.79 Å². The quantitative estimate of drug-likeness (QED) is 0.753. The average molecular weight is 325 g/mol. The Kier molecular flexibility index (Phi) is 4.37. The van der Waals surface area contributed by atoms with Gasteiger partial charge in [-0.3, -0.25) is 9.36 Å². The molecule has 3 aromatic rings. The van der Waals surface area contributed by atoms with Crippen LogP contribution in [0.4, 0.5) is 0 Å². The predicted octanol–water partition coefficient (Wildman–Crippen LogP) is 2.02. The number of amides is 1. The van der Waals surface area contributed by atoms with E-state index < -0.39 is 0 Å². The standard InChI is InChI=1S/C18H19N3O3/c1-12(22)19-10-13-7-8-14(17(9-13)24-2)11-21-16-6-4-3-5-15(16)20-18(21)23/h3-9H,10-11H2,1-2H3,(H,19,22)(H,20,23). The van der Waals surface area contributed by atoms with Gasteiger partial charge in [-0.1, -0.05) is 24.3 Å². The van der Waals surface area contributed by atoms with Gasteiger partial charge in [0.2, 0.25) is 5.91 Å². The smallest absolute Gasteiger partial charge is 0.326 e.